The van der Waals surface area contributed by atoms with Crippen LogP contribution >= 0.6 is 0 Å². The molecule has 18 heavy (non-hydrogen) atoms. The van der Waals surface area contributed by atoms with E-state index in [1.54, 1.807) is 0 Å². The number of nitrogens with zero attached hydrogens (tertiary/aromatic N) is 2. The Morgan fingerprint density at radius 1 is 0.833 bits per heavy atom. The second-order valence-electron chi connectivity index (χ2n) is 8.41. The van der Waals surface area contributed by atoms with E-state index in [0.717, 1.165) is 12.0 Å². The molecule has 2 fully saturated rings. The van der Waals surface area contributed by atoms with Crippen molar-refractivity contribution in [2.24, 2.45) is 11.3 Å². The van der Waals surface area contributed by atoms with E-state index in [2.05, 4.69) is 51.3 Å². The van der Waals surface area contributed by atoms with Gasteiger partial charge in [-0.3, -0.25) is 9.80 Å². The van der Waals surface area contributed by atoms with E-state index in [1.807, 2.05) is 0 Å². The lowest BCUT2D eigenvalue weighted by Gasteiger charge is -2.33. The molecule has 2 saturated heterocycles. The Morgan fingerprint density at radius 3 is 1.94 bits per heavy atom. The maximum absolute atomic E-state index is 2.77. The fraction of sp³-hybridized carbons (Fsp3) is 1.00. The summed E-state index contributed by atoms with van der Waals surface area (Å²) >= 11 is 0. The monoisotopic (exact) mass is 252 g/mol. The third-order valence-corrected chi connectivity index (χ3v) is 5.07. The summed E-state index contributed by atoms with van der Waals surface area (Å²) in [6.45, 7) is 19.4. The van der Waals surface area contributed by atoms with E-state index in [0.29, 0.717) is 11.0 Å². The molecule has 2 heteroatoms. The normalized spacial score (nSPS) is 32.3. The Kier molecular flexibility index (Phi) is 3.81. The summed E-state index contributed by atoms with van der Waals surface area (Å²) < 4.78 is 0. The first kappa shape index (κ1) is 14.3. The van der Waals surface area contributed by atoms with Crippen molar-refractivity contribution in [2.75, 3.05) is 26.2 Å². The Labute approximate surface area is 114 Å². The molecule has 0 amide bonds. The molecule has 0 bridgehead atoms. The number of hydrogen-bond donors (Lipinski definition) is 0. The Hall–Kier alpha value is -0.0800. The quantitative estimate of drug-likeness (QED) is 0.707. The largest absolute Gasteiger partial charge is 0.299 e. The predicted molar refractivity (Wildman–Crippen MR) is 78.9 cm³/mol. The average molecular weight is 252 g/mol. The van der Waals surface area contributed by atoms with Gasteiger partial charge < -0.3 is 0 Å². The molecule has 0 radical (unpaired) electrons. The Morgan fingerprint density at radius 2 is 1.50 bits per heavy atom. The van der Waals surface area contributed by atoms with Gasteiger partial charge in [-0.2, -0.15) is 0 Å². The first-order valence-electron chi connectivity index (χ1n) is 7.67. The molecule has 2 aliphatic rings. The summed E-state index contributed by atoms with van der Waals surface area (Å²) in [4.78, 5) is 5.42. The van der Waals surface area contributed by atoms with Gasteiger partial charge in [0.15, 0.2) is 0 Å². The van der Waals surface area contributed by atoms with Crippen LogP contribution in [0.4, 0.5) is 0 Å². The van der Waals surface area contributed by atoms with Crippen molar-refractivity contribution in [1.29, 1.82) is 0 Å². The molecule has 2 rings (SSSR count). The van der Waals surface area contributed by atoms with Crippen molar-refractivity contribution in [3.05, 3.63) is 0 Å². The van der Waals surface area contributed by atoms with E-state index in [9.17, 15) is 0 Å². The van der Waals surface area contributed by atoms with E-state index < -0.39 is 0 Å². The summed E-state index contributed by atoms with van der Waals surface area (Å²) in [5.41, 5.74) is 0.828. The number of rotatable bonds is 1. The topological polar surface area (TPSA) is 6.48 Å². The third-order valence-electron chi connectivity index (χ3n) is 5.07. The standard InChI is InChI=1S/C16H32N2/c1-15(2,3)13-7-9-17(11-13)14-8-10-18(12-14)16(4,5)6/h13-14H,7-12H2,1-6H3. The summed E-state index contributed by atoms with van der Waals surface area (Å²) in [6.07, 6.45) is 2.77. The van der Waals surface area contributed by atoms with Crippen LogP contribution in [0.15, 0.2) is 0 Å². The minimum atomic E-state index is 0.345. The summed E-state index contributed by atoms with van der Waals surface area (Å²) in [7, 11) is 0. The number of likely N-dealkylation sites (tertiary alicyclic amines) is 2. The van der Waals surface area contributed by atoms with Crippen LogP contribution < -0.4 is 0 Å². The van der Waals surface area contributed by atoms with Crippen LogP contribution in [0.25, 0.3) is 0 Å². The van der Waals surface area contributed by atoms with Gasteiger partial charge in [0.2, 0.25) is 0 Å². The van der Waals surface area contributed by atoms with Gasteiger partial charge in [0.25, 0.3) is 0 Å². The highest BCUT2D eigenvalue weighted by atomic mass is 15.3. The highest BCUT2D eigenvalue weighted by molar-refractivity contribution is 4.93. The van der Waals surface area contributed by atoms with Crippen LogP contribution in [0, 0.1) is 11.3 Å². The molecule has 2 aliphatic heterocycles. The maximum atomic E-state index is 2.77. The SMILES string of the molecule is CC(C)(C)C1CCN(C2CCN(C(C)(C)C)C2)C1. The molecule has 2 heterocycles. The molecule has 2 atom stereocenters. The third kappa shape index (κ3) is 3.08. The predicted octanol–water partition coefficient (Wildman–Crippen LogP) is 3.23. The van der Waals surface area contributed by atoms with E-state index in [4.69, 9.17) is 0 Å². The second-order valence-corrected chi connectivity index (χ2v) is 8.41. The van der Waals surface area contributed by atoms with Gasteiger partial charge in [-0.25, -0.2) is 0 Å². The Bertz CT molecular complexity index is 254. The molecule has 0 aliphatic carbocycles. The zero-order valence-corrected chi connectivity index (χ0v) is 13.3. The van der Waals surface area contributed by atoms with Gasteiger partial charge in [0, 0.05) is 31.2 Å². The molecule has 0 spiro atoms. The maximum Gasteiger partial charge on any atom is 0.0235 e. The Balaban J connectivity index is 1.89. The molecule has 106 valence electrons. The molecule has 0 saturated carbocycles. The molecule has 2 unspecified atom stereocenters. The fourth-order valence-corrected chi connectivity index (χ4v) is 3.47. The molecule has 0 aromatic heterocycles. The minimum Gasteiger partial charge on any atom is -0.299 e. The van der Waals surface area contributed by atoms with Crippen molar-refractivity contribution in [2.45, 2.75) is 66.0 Å². The van der Waals surface area contributed by atoms with Crippen molar-refractivity contribution >= 4 is 0 Å². The van der Waals surface area contributed by atoms with E-state index in [-0.39, 0.29) is 0 Å². The highest BCUT2D eigenvalue weighted by Gasteiger charge is 2.38. The van der Waals surface area contributed by atoms with Gasteiger partial charge in [-0.1, -0.05) is 20.8 Å². The summed E-state index contributed by atoms with van der Waals surface area (Å²) in [6, 6.07) is 0.816. The minimum absolute atomic E-state index is 0.345. The zero-order chi connectivity index (χ0) is 13.6. The lowest BCUT2D eigenvalue weighted by Crippen LogP contribution is -2.43. The van der Waals surface area contributed by atoms with Crippen LogP contribution in [0.2, 0.25) is 0 Å². The van der Waals surface area contributed by atoms with Gasteiger partial charge in [-0.05, 0) is 51.5 Å². The van der Waals surface area contributed by atoms with Crippen LogP contribution in [0.1, 0.15) is 54.4 Å². The van der Waals surface area contributed by atoms with E-state index >= 15 is 0 Å². The molecule has 0 aromatic carbocycles. The smallest absolute Gasteiger partial charge is 0.0235 e. The second kappa shape index (κ2) is 4.79. The van der Waals surface area contributed by atoms with Gasteiger partial charge >= 0.3 is 0 Å². The average Bonchev–Trinajstić information content (AvgIpc) is 2.84. The molecule has 0 aromatic rings. The van der Waals surface area contributed by atoms with Crippen molar-refractivity contribution in [1.82, 2.24) is 9.80 Å². The highest BCUT2D eigenvalue weighted by Crippen LogP contribution is 2.36. The lowest BCUT2D eigenvalue weighted by molar-refractivity contribution is 0.146. The zero-order valence-electron chi connectivity index (χ0n) is 13.3. The van der Waals surface area contributed by atoms with Crippen LogP contribution in [0.5, 0.6) is 0 Å². The van der Waals surface area contributed by atoms with E-state index in [1.165, 1.54) is 39.0 Å². The first-order valence-corrected chi connectivity index (χ1v) is 7.67. The van der Waals surface area contributed by atoms with Gasteiger partial charge in [-0.15, -0.1) is 0 Å². The molecular formula is C16H32N2. The summed E-state index contributed by atoms with van der Waals surface area (Å²) in [5.74, 6) is 0.890. The van der Waals surface area contributed by atoms with Crippen LogP contribution in [-0.4, -0.2) is 47.6 Å². The number of hydrogen-bond acceptors (Lipinski definition) is 2. The molecule has 0 N–H and O–H groups in total. The van der Waals surface area contributed by atoms with Gasteiger partial charge in [0.1, 0.15) is 0 Å². The molecule has 2 nitrogen and oxygen atoms in total. The van der Waals surface area contributed by atoms with Gasteiger partial charge in [0.05, 0.1) is 0 Å². The molecular weight excluding hydrogens is 220 g/mol. The van der Waals surface area contributed by atoms with Crippen LogP contribution in [-0.2, 0) is 0 Å². The lowest BCUT2D eigenvalue weighted by atomic mass is 9.80. The van der Waals surface area contributed by atoms with Crippen molar-refractivity contribution < 1.29 is 0 Å². The fourth-order valence-electron chi connectivity index (χ4n) is 3.47. The van der Waals surface area contributed by atoms with Crippen LogP contribution in [0.3, 0.4) is 0 Å². The summed E-state index contributed by atoms with van der Waals surface area (Å²) in [5, 5.41) is 0. The van der Waals surface area contributed by atoms with Crippen molar-refractivity contribution in [3.8, 4) is 0 Å². The van der Waals surface area contributed by atoms with Crippen molar-refractivity contribution in [3.63, 3.8) is 0 Å². The first-order chi connectivity index (χ1) is 8.18.